The SMILES string of the molecule is COc1cccc2c1C(=O)N([C@H](COCc1ccccc1)c1ccccc1)C2=O. The predicted molar refractivity (Wildman–Crippen MR) is 109 cm³/mol. The first kappa shape index (κ1) is 18.9. The Morgan fingerprint density at radius 2 is 1.52 bits per heavy atom. The van der Waals surface area contributed by atoms with Gasteiger partial charge in [0.25, 0.3) is 11.8 Å². The molecule has 0 aliphatic carbocycles. The number of hydrogen-bond donors (Lipinski definition) is 0. The molecule has 1 aliphatic rings. The van der Waals surface area contributed by atoms with Crippen LogP contribution in [0.1, 0.15) is 37.9 Å². The molecule has 1 atom stereocenters. The summed E-state index contributed by atoms with van der Waals surface area (Å²) in [5.74, 6) is -0.291. The van der Waals surface area contributed by atoms with Crippen molar-refractivity contribution in [3.63, 3.8) is 0 Å². The number of fused-ring (bicyclic) bond motifs is 1. The van der Waals surface area contributed by atoms with E-state index in [0.717, 1.165) is 11.1 Å². The smallest absolute Gasteiger partial charge is 0.265 e. The van der Waals surface area contributed by atoms with Crippen molar-refractivity contribution >= 4 is 11.8 Å². The van der Waals surface area contributed by atoms with Gasteiger partial charge in [0, 0.05) is 0 Å². The molecule has 0 saturated heterocycles. The van der Waals surface area contributed by atoms with Crippen LogP contribution in [0.15, 0.2) is 78.9 Å². The van der Waals surface area contributed by atoms with Gasteiger partial charge in [0.05, 0.1) is 37.5 Å². The normalized spacial score (nSPS) is 14.0. The molecule has 0 saturated carbocycles. The van der Waals surface area contributed by atoms with Gasteiger partial charge in [-0.15, -0.1) is 0 Å². The van der Waals surface area contributed by atoms with Crippen LogP contribution in [0.2, 0.25) is 0 Å². The fraction of sp³-hybridized carbons (Fsp3) is 0.167. The molecule has 3 aromatic rings. The molecule has 0 aromatic heterocycles. The molecule has 1 heterocycles. The van der Waals surface area contributed by atoms with Gasteiger partial charge in [-0.05, 0) is 23.3 Å². The molecule has 0 unspecified atom stereocenters. The number of imide groups is 1. The van der Waals surface area contributed by atoms with E-state index in [4.69, 9.17) is 9.47 Å². The van der Waals surface area contributed by atoms with Gasteiger partial charge < -0.3 is 9.47 Å². The largest absolute Gasteiger partial charge is 0.496 e. The van der Waals surface area contributed by atoms with Gasteiger partial charge in [0.2, 0.25) is 0 Å². The summed E-state index contributed by atoms with van der Waals surface area (Å²) in [4.78, 5) is 27.6. The number of carbonyl (C=O) groups is 2. The van der Waals surface area contributed by atoms with Gasteiger partial charge in [-0.2, -0.15) is 0 Å². The van der Waals surface area contributed by atoms with Gasteiger partial charge in [0.1, 0.15) is 5.75 Å². The van der Waals surface area contributed by atoms with Crippen molar-refractivity contribution in [1.82, 2.24) is 4.90 Å². The second kappa shape index (κ2) is 8.29. The Hall–Kier alpha value is -3.44. The first-order valence-electron chi connectivity index (χ1n) is 9.42. The van der Waals surface area contributed by atoms with E-state index >= 15 is 0 Å². The summed E-state index contributed by atoms with van der Waals surface area (Å²) in [6.45, 7) is 0.601. The van der Waals surface area contributed by atoms with E-state index in [9.17, 15) is 9.59 Å². The number of ether oxygens (including phenoxy) is 2. The highest BCUT2D eigenvalue weighted by molar-refractivity contribution is 6.22. The lowest BCUT2D eigenvalue weighted by Gasteiger charge is -2.26. The summed E-state index contributed by atoms with van der Waals surface area (Å²) in [6, 6.07) is 23.8. The number of carbonyl (C=O) groups excluding carboxylic acids is 2. The molecule has 5 heteroatoms. The lowest BCUT2D eigenvalue weighted by molar-refractivity contribution is 0.0359. The zero-order chi connectivity index (χ0) is 20.2. The van der Waals surface area contributed by atoms with Crippen LogP contribution in [0.25, 0.3) is 0 Å². The molecule has 0 fully saturated rings. The fourth-order valence-electron chi connectivity index (χ4n) is 3.58. The Morgan fingerprint density at radius 1 is 0.828 bits per heavy atom. The van der Waals surface area contributed by atoms with Crippen molar-refractivity contribution in [3.8, 4) is 5.75 Å². The molecule has 146 valence electrons. The van der Waals surface area contributed by atoms with E-state index in [2.05, 4.69) is 0 Å². The molecule has 4 rings (SSSR count). The molecule has 0 radical (unpaired) electrons. The maximum Gasteiger partial charge on any atom is 0.265 e. The molecule has 5 nitrogen and oxygen atoms in total. The molecular weight excluding hydrogens is 366 g/mol. The third-order valence-corrected chi connectivity index (χ3v) is 5.01. The highest BCUT2D eigenvalue weighted by atomic mass is 16.5. The first-order chi connectivity index (χ1) is 14.2. The topological polar surface area (TPSA) is 55.8 Å². The van der Waals surface area contributed by atoms with Crippen LogP contribution in [0.3, 0.4) is 0 Å². The van der Waals surface area contributed by atoms with Crippen LogP contribution in [0, 0.1) is 0 Å². The second-order valence-electron chi connectivity index (χ2n) is 6.79. The number of benzene rings is 3. The molecule has 3 aromatic carbocycles. The van der Waals surface area contributed by atoms with Crippen molar-refractivity contribution in [1.29, 1.82) is 0 Å². The second-order valence-corrected chi connectivity index (χ2v) is 6.79. The Morgan fingerprint density at radius 3 is 2.21 bits per heavy atom. The number of methoxy groups -OCH3 is 1. The molecule has 0 spiro atoms. The minimum atomic E-state index is -0.531. The van der Waals surface area contributed by atoms with Crippen molar-refractivity contribution < 1.29 is 19.1 Å². The van der Waals surface area contributed by atoms with Crippen molar-refractivity contribution in [2.24, 2.45) is 0 Å². The van der Waals surface area contributed by atoms with Gasteiger partial charge in [0.15, 0.2) is 0 Å². The van der Waals surface area contributed by atoms with Crippen LogP contribution in [-0.4, -0.2) is 30.4 Å². The molecule has 0 N–H and O–H groups in total. The fourth-order valence-corrected chi connectivity index (χ4v) is 3.58. The minimum Gasteiger partial charge on any atom is -0.496 e. The lowest BCUT2D eigenvalue weighted by atomic mass is 10.1. The average molecular weight is 387 g/mol. The standard InChI is InChI=1S/C24H21NO4/c1-28-21-14-8-13-19-22(21)24(27)25(23(19)26)20(18-11-6-3-7-12-18)16-29-15-17-9-4-2-5-10-17/h2-14,20H,15-16H2,1H3/t20-/m1/s1. The summed E-state index contributed by atoms with van der Waals surface area (Å²) in [5, 5.41) is 0. The maximum atomic E-state index is 13.2. The highest BCUT2D eigenvalue weighted by Gasteiger charge is 2.42. The zero-order valence-corrected chi connectivity index (χ0v) is 16.1. The van der Waals surface area contributed by atoms with Crippen LogP contribution in [-0.2, 0) is 11.3 Å². The van der Waals surface area contributed by atoms with E-state index in [1.807, 2.05) is 60.7 Å². The van der Waals surface area contributed by atoms with Crippen LogP contribution in [0.4, 0.5) is 0 Å². The average Bonchev–Trinajstić information content (AvgIpc) is 3.03. The quantitative estimate of drug-likeness (QED) is 0.569. The van der Waals surface area contributed by atoms with Gasteiger partial charge in [-0.25, -0.2) is 0 Å². The zero-order valence-electron chi connectivity index (χ0n) is 16.1. The van der Waals surface area contributed by atoms with Gasteiger partial charge in [-0.3, -0.25) is 14.5 Å². The Balaban J connectivity index is 1.63. The highest BCUT2D eigenvalue weighted by Crippen LogP contribution is 2.36. The van der Waals surface area contributed by atoms with E-state index in [0.29, 0.717) is 23.5 Å². The Kier molecular flexibility index (Phi) is 5.40. The molecule has 0 bridgehead atoms. The Bertz CT molecular complexity index is 1020. The summed E-state index contributed by atoms with van der Waals surface area (Å²) in [7, 11) is 1.49. The van der Waals surface area contributed by atoms with Crippen LogP contribution >= 0.6 is 0 Å². The summed E-state index contributed by atoms with van der Waals surface area (Å²) in [5.41, 5.74) is 2.54. The summed E-state index contributed by atoms with van der Waals surface area (Å²) >= 11 is 0. The molecule has 1 aliphatic heterocycles. The summed E-state index contributed by atoms with van der Waals surface area (Å²) < 4.78 is 11.2. The number of hydrogen-bond acceptors (Lipinski definition) is 4. The van der Waals surface area contributed by atoms with Crippen molar-refractivity contribution in [2.45, 2.75) is 12.6 Å². The monoisotopic (exact) mass is 387 g/mol. The maximum absolute atomic E-state index is 13.2. The first-order valence-corrected chi connectivity index (χ1v) is 9.42. The van der Waals surface area contributed by atoms with Gasteiger partial charge >= 0.3 is 0 Å². The minimum absolute atomic E-state index is 0.201. The van der Waals surface area contributed by atoms with E-state index in [1.165, 1.54) is 12.0 Å². The van der Waals surface area contributed by atoms with Crippen LogP contribution in [0.5, 0.6) is 5.75 Å². The molecule has 2 amide bonds. The van der Waals surface area contributed by atoms with E-state index in [-0.39, 0.29) is 18.4 Å². The van der Waals surface area contributed by atoms with Gasteiger partial charge in [-0.1, -0.05) is 66.7 Å². The predicted octanol–water partition coefficient (Wildman–Crippen LogP) is 4.25. The Labute approximate surface area is 169 Å². The third kappa shape index (κ3) is 3.65. The van der Waals surface area contributed by atoms with Crippen molar-refractivity contribution in [2.75, 3.05) is 13.7 Å². The number of rotatable bonds is 7. The lowest BCUT2D eigenvalue weighted by Crippen LogP contribution is -2.36. The van der Waals surface area contributed by atoms with E-state index < -0.39 is 6.04 Å². The number of nitrogens with zero attached hydrogens (tertiary/aromatic N) is 1. The number of amides is 2. The molecular formula is C24H21NO4. The van der Waals surface area contributed by atoms with Crippen molar-refractivity contribution in [3.05, 3.63) is 101 Å². The molecule has 29 heavy (non-hydrogen) atoms. The van der Waals surface area contributed by atoms with Crippen LogP contribution < -0.4 is 4.74 Å². The van der Waals surface area contributed by atoms with E-state index in [1.54, 1.807) is 18.2 Å². The third-order valence-electron chi connectivity index (χ3n) is 5.01. The summed E-state index contributed by atoms with van der Waals surface area (Å²) in [6.07, 6.45) is 0.